The van der Waals surface area contributed by atoms with Crippen LogP contribution in [0.1, 0.15) is 11.4 Å². The van der Waals surface area contributed by atoms with Crippen molar-refractivity contribution >= 4 is 0 Å². The lowest BCUT2D eigenvalue weighted by atomic mass is 10.1. The third kappa shape index (κ3) is 1.46. The van der Waals surface area contributed by atoms with E-state index >= 15 is 0 Å². The third-order valence-electron chi connectivity index (χ3n) is 2.05. The minimum atomic E-state index is 0.852. The van der Waals surface area contributed by atoms with E-state index in [0.29, 0.717) is 0 Å². The van der Waals surface area contributed by atoms with Crippen molar-refractivity contribution in [3.63, 3.8) is 0 Å². The van der Waals surface area contributed by atoms with Gasteiger partial charge in [-0.1, -0.05) is 0 Å². The lowest BCUT2D eigenvalue weighted by Gasteiger charge is -2.04. The Morgan fingerprint density at radius 1 is 0.929 bits per heavy atom. The van der Waals surface area contributed by atoms with E-state index in [0.717, 1.165) is 22.6 Å². The van der Waals surface area contributed by atoms with Crippen molar-refractivity contribution in [2.24, 2.45) is 0 Å². The fraction of sp³-hybridized carbons (Fsp3) is 0.200. The fourth-order valence-electron chi connectivity index (χ4n) is 1.30. The van der Waals surface area contributed by atoms with E-state index in [9.17, 15) is 0 Å². The summed E-state index contributed by atoms with van der Waals surface area (Å²) >= 11 is 0. The van der Waals surface area contributed by atoms with E-state index in [2.05, 4.69) is 19.9 Å². The molecule has 0 aliphatic rings. The molecule has 0 saturated carbocycles. The summed E-state index contributed by atoms with van der Waals surface area (Å²) in [5.41, 5.74) is 3.61. The van der Waals surface area contributed by atoms with Gasteiger partial charge >= 0.3 is 0 Å². The average Bonchev–Trinajstić information content (AvgIpc) is 2.20. The zero-order chi connectivity index (χ0) is 9.97. The molecule has 0 radical (unpaired) electrons. The minimum Gasteiger partial charge on any atom is -0.258 e. The van der Waals surface area contributed by atoms with Crippen molar-refractivity contribution in [2.45, 2.75) is 13.8 Å². The number of hydrogen-bond acceptors (Lipinski definition) is 4. The van der Waals surface area contributed by atoms with Gasteiger partial charge in [0.2, 0.25) is 0 Å². The highest BCUT2D eigenvalue weighted by Gasteiger charge is 2.07. The Kier molecular flexibility index (Phi) is 2.18. The Bertz CT molecular complexity index is 410. The van der Waals surface area contributed by atoms with Gasteiger partial charge in [0, 0.05) is 24.2 Å². The van der Waals surface area contributed by atoms with Gasteiger partial charge in [0.1, 0.15) is 6.33 Å². The van der Waals surface area contributed by atoms with Gasteiger partial charge in [-0.05, 0) is 13.8 Å². The summed E-state index contributed by atoms with van der Waals surface area (Å²) < 4.78 is 0. The van der Waals surface area contributed by atoms with Gasteiger partial charge in [-0.25, -0.2) is 9.97 Å². The Hall–Kier alpha value is -1.84. The maximum absolute atomic E-state index is 4.27. The highest BCUT2D eigenvalue weighted by molar-refractivity contribution is 5.62. The van der Waals surface area contributed by atoms with Gasteiger partial charge < -0.3 is 0 Å². The molecule has 0 saturated heterocycles. The average molecular weight is 186 g/mol. The molecule has 0 N–H and O–H groups in total. The number of aromatic nitrogens is 4. The van der Waals surface area contributed by atoms with E-state index in [1.807, 2.05) is 13.8 Å². The van der Waals surface area contributed by atoms with Crippen LogP contribution in [0.15, 0.2) is 24.9 Å². The van der Waals surface area contributed by atoms with Crippen LogP contribution in [0, 0.1) is 13.8 Å². The first kappa shape index (κ1) is 8.74. The van der Waals surface area contributed by atoms with Crippen LogP contribution in [0.25, 0.3) is 11.3 Å². The summed E-state index contributed by atoms with van der Waals surface area (Å²) in [5, 5.41) is 0. The largest absolute Gasteiger partial charge is 0.258 e. The van der Waals surface area contributed by atoms with E-state index in [1.54, 1.807) is 18.6 Å². The SMILES string of the molecule is Cc1ncncc1-c1nccnc1C. The topological polar surface area (TPSA) is 51.6 Å². The number of nitrogens with zero attached hydrogens (tertiary/aromatic N) is 4. The highest BCUT2D eigenvalue weighted by atomic mass is 14.8. The van der Waals surface area contributed by atoms with Crippen molar-refractivity contribution in [1.82, 2.24) is 19.9 Å². The molecule has 0 spiro atoms. The van der Waals surface area contributed by atoms with Crippen LogP contribution in [0.5, 0.6) is 0 Å². The van der Waals surface area contributed by atoms with Crippen molar-refractivity contribution in [1.29, 1.82) is 0 Å². The van der Waals surface area contributed by atoms with Gasteiger partial charge in [-0.15, -0.1) is 0 Å². The first-order valence-electron chi connectivity index (χ1n) is 4.33. The minimum absolute atomic E-state index is 0.852. The number of hydrogen-bond donors (Lipinski definition) is 0. The van der Waals surface area contributed by atoms with E-state index in [1.165, 1.54) is 6.33 Å². The normalized spacial score (nSPS) is 10.1. The molecule has 4 nitrogen and oxygen atoms in total. The molecule has 0 aromatic carbocycles. The molecule has 4 heteroatoms. The zero-order valence-corrected chi connectivity index (χ0v) is 8.10. The predicted octanol–water partition coefficient (Wildman–Crippen LogP) is 1.55. The maximum atomic E-state index is 4.27. The van der Waals surface area contributed by atoms with Crippen LogP contribution in [0.3, 0.4) is 0 Å². The van der Waals surface area contributed by atoms with Crippen LogP contribution in [0.2, 0.25) is 0 Å². The lowest BCUT2D eigenvalue weighted by Crippen LogP contribution is -1.95. The van der Waals surface area contributed by atoms with Crippen molar-refractivity contribution in [2.75, 3.05) is 0 Å². The molecule has 14 heavy (non-hydrogen) atoms. The Labute approximate surface area is 82.1 Å². The first-order valence-corrected chi connectivity index (χ1v) is 4.33. The summed E-state index contributed by atoms with van der Waals surface area (Å²) in [6, 6.07) is 0. The zero-order valence-electron chi connectivity index (χ0n) is 8.10. The van der Waals surface area contributed by atoms with Crippen LogP contribution < -0.4 is 0 Å². The molecule has 0 bridgehead atoms. The second kappa shape index (κ2) is 3.49. The second-order valence-electron chi connectivity index (χ2n) is 3.01. The van der Waals surface area contributed by atoms with Crippen LogP contribution in [-0.4, -0.2) is 19.9 Å². The van der Waals surface area contributed by atoms with E-state index < -0.39 is 0 Å². The molecule has 0 unspecified atom stereocenters. The van der Waals surface area contributed by atoms with E-state index in [4.69, 9.17) is 0 Å². The molecule has 2 aromatic heterocycles. The summed E-state index contributed by atoms with van der Waals surface area (Å²) in [6.45, 7) is 3.86. The third-order valence-corrected chi connectivity index (χ3v) is 2.05. The molecular weight excluding hydrogens is 176 g/mol. The summed E-state index contributed by atoms with van der Waals surface area (Å²) in [5.74, 6) is 0. The Morgan fingerprint density at radius 2 is 1.71 bits per heavy atom. The molecule has 0 atom stereocenters. The molecular formula is C10H10N4. The van der Waals surface area contributed by atoms with E-state index in [-0.39, 0.29) is 0 Å². The highest BCUT2D eigenvalue weighted by Crippen LogP contribution is 2.19. The van der Waals surface area contributed by atoms with Crippen LogP contribution in [0.4, 0.5) is 0 Å². The molecule has 0 aliphatic heterocycles. The molecule has 0 fully saturated rings. The fourth-order valence-corrected chi connectivity index (χ4v) is 1.30. The Morgan fingerprint density at radius 3 is 2.43 bits per heavy atom. The quantitative estimate of drug-likeness (QED) is 0.678. The molecule has 2 aromatic rings. The van der Waals surface area contributed by atoms with Crippen LogP contribution in [-0.2, 0) is 0 Å². The summed E-state index contributed by atoms with van der Waals surface area (Å²) in [4.78, 5) is 16.5. The molecule has 0 amide bonds. The van der Waals surface area contributed by atoms with Gasteiger partial charge in [0.25, 0.3) is 0 Å². The van der Waals surface area contributed by atoms with Crippen molar-refractivity contribution in [3.8, 4) is 11.3 Å². The van der Waals surface area contributed by atoms with Crippen LogP contribution >= 0.6 is 0 Å². The number of rotatable bonds is 1. The molecule has 2 rings (SSSR count). The standard InChI is InChI=1S/C10H10N4/c1-7-9(5-11-6-14-7)10-8(2)12-3-4-13-10/h3-6H,1-2H3. The second-order valence-corrected chi connectivity index (χ2v) is 3.01. The summed E-state index contributed by atoms with van der Waals surface area (Å²) in [7, 11) is 0. The Balaban J connectivity index is 2.61. The van der Waals surface area contributed by atoms with Crippen molar-refractivity contribution in [3.05, 3.63) is 36.3 Å². The molecule has 2 heterocycles. The number of aryl methyl sites for hydroxylation is 2. The summed E-state index contributed by atoms with van der Waals surface area (Å²) in [6.07, 6.45) is 6.65. The van der Waals surface area contributed by atoms with Crippen molar-refractivity contribution < 1.29 is 0 Å². The lowest BCUT2D eigenvalue weighted by molar-refractivity contribution is 1.07. The smallest absolute Gasteiger partial charge is 0.115 e. The predicted molar refractivity (Wildman–Crippen MR) is 52.5 cm³/mol. The molecule has 0 aliphatic carbocycles. The maximum Gasteiger partial charge on any atom is 0.115 e. The molecule has 70 valence electrons. The monoisotopic (exact) mass is 186 g/mol. The van der Waals surface area contributed by atoms with Gasteiger partial charge in [-0.2, -0.15) is 0 Å². The van der Waals surface area contributed by atoms with Gasteiger partial charge in [-0.3, -0.25) is 9.97 Å². The van der Waals surface area contributed by atoms with Gasteiger partial charge in [0.05, 0.1) is 17.1 Å². The first-order chi connectivity index (χ1) is 6.79. The van der Waals surface area contributed by atoms with Gasteiger partial charge in [0.15, 0.2) is 0 Å².